The van der Waals surface area contributed by atoms with Crippen LogP contribution in [0.5, 0.6) is 0 Å². The molecule has 0 fully saturated rings. The van der Waals surface area contributed by atoms with Gasteiger partial charge in [0, 0.05) is 10.7 Å². The third-order valence-corrected chi connectivity index (χ3v) is 5.69. The summed E-state index contributed by atoms with van der Waals surface area (Å²) in [6, 6.07) is 26.9. The van der Waals surface area contributed by atoms with Crippen LogP contribution >= 0.6 is 19.5 Å². The summed E-state index contributed by atoms with van der Waals surface area (Å²) in [5.41, 5.74) is 0.696. The first kappa shape index (κ1) is 15.7. The number of rotatable bonds is 4. The Kier molecular flexibility index (Phi) is 5.07. The van der Waals surface area contributed by atoms with Gasteiger partial charge in [0.1, 0.15) is 0 Å². The molecule has 114 valence electrons. The van der Waals surface area contributed by atoms with Gasteiger partial charge in [-0.1, -0.05) is 78.3 Å². The molecular weight excluding hydrogens is 325 g/mol. The fourth-order valence-corrected chi connectivity index (χ4v) is 4.42. The molecule has 2 nitrogen and oxygen atoms in total. The van der Waals surface area contributed by atoms with Crippen molar-refractivity contribution in [2.45, 2.75) is 0 Å². The van der Waals surface area contributed by atoms with Crippen molar-refractivity contribution < 1.29 is 4.79 Å². The average molecular weight is 340 g/mol. The predicted octanol–water partition coefficient (Wildman–Crippen LogP) is 5.00. The lowest BCUT2D eigenvalue weighted by Gasteiger charge is -2.18. The normalized spacial score (nSPS) is 10.5. The van der Waals surface area contributed by atoms with Crippen LogP contribution in [0.2, 0.25) is 5.02 Å². The Labute approximate surface area is 141 Å². The molecule has 0 spiro atoms. The summed E-state index contributed by atoms with van der Waals surface area (Å²) in [5, 5.41) is 5.63. The Morgan fingerprint density at radius 3 is 1.87 bits per heavy atom. The molecule has 0 unspecified atom stereocenters. The van der Waals surface area contributed by atoms with Gasteiger partial charge < -0.3 is 5.32 Å². The number of amides is 1. The van der Waals surface area contributed by atoms with E-state index in [4.69, 9.17) is 11.6 Å². The van der Waals surface area contributed by atoms with Crippen LogP contribution in [0, 0.1) is 0 Å². The zero-order valence-corrected chi connectivity index (χ0v) is 14.0. The molecule has 0 saturated carbocycles. The van der Waals surface area contributed by atoms with E-state index in [0.717, 1.165) is 10.6 Å². The molecule has 0 aliphatic carbocycles. The third kappa shape index (κ3) is 3.98. The van der Waals surface area contributed by atoms with Gasteiger partial charge in [-0.05, 0) is 28.8 Å². The lowest BCUT2D eigenvalue weighted by Crippen LogP contribution is -2.21. The highest BCUT2D eigenvalue weighted by atomic mass is 35.5. The molecule has 3 aromatic rings. The Morgan fingerprint density at radius 1 is 0.783 bits per heavy atom. The second-order valence-corrected chi connectivity index (χ2v) is 7.49. The molecule has 23 heavy (non-hydrogen) atoms. The number of hydrogen-bond donors (Lipinski definition) is 1. The average Bonchev–Trinajstić information content (AvgIpc) is 2.57. The molecular formula is C19H15ClNOP. The molecule has 0 atom stereocenters. The van der Waals surface area contributed by atoms with E-state index in [1.165, 1.54) is 0 Å². The molecule has 3 rings (SSSR count). The summed E-state index contributed by atoms with van der Waals surface area (Å²) in [6.07, 6.45) is 0. The van der Waals surface area contributed by atoms with Gasteiger partial charge in [0.05, 0.1) is 7.92 Å². The van der Waals surface area contributed by atoms with Crippen molar-refractivity contribution in [3.63, 3.8) is 0 Å². The maximum absolute atomic E-state index is 12.9. The topological polar surface area (TPSA) is 29.1 Å². The molecule has 0 aliphatic rings. The molecule has 1 N–H and O–H groups in total. The highest BCUT2D eigenvalue weighted by molar-refractivity contribution is 7.88. The van der Waals surface area contributed by atoms with Crippen LogP contribution in [0.15, 0.2) is 84.9 Å². The number of hydrogen-bond acceptors (Lipinski definition) is 1. The largest absolute Gasteiger partial charge is 0.322 e. The summed E-state index contributed by atoms with van der Waals surface area (Å²) in [4.78, 5) is 12.9. The van der Waals surface area contributed by atoms with E-state index in [1.54, 1.807) is 12.1 Å². The van der Waals surface area contributed by atoms with Crippen molar-refractivity contribution in [3.05, 3.63) is 90.0 Å². The maximum Gasteiger partial charge on any atom is 0.254 e. The zero-order chi connectivity index (χ0) is 16.1. The Hall–Kier alpha value is -2.15. The molecule has 0 saturated heterocycles. The summed E-state index contributed by atoms with van der Waals surface area (Å²) in [5.74, 6) is 0. The van der Waals surface area contributed by atoms with Gasteiger partial charge in [-0.2, -0.15) is 0 Å². The van der Waals surface area contributed by atoms with E-state index < -0.39 is 7.92 Å². The minimum Gasteiger partial charge on any atom is -0.322 e. The predicted molar refractivity (Wildman–Crippen MR) is 99.5 cm³/mol. The Morgan fingerprint density at radius 2 is 1.35 bits per heavy atom. The van der Waals surface area contributed by atoms with Crippen LogP contribution < -0.4 is 15.9 Å². The standard InChI is InChI=1S/C19H15ClNOP/c20-15-8-7-9-16(14-15)21-19(22)23(17-10-3-1-4-11-17)18-12-5-2-6-13-18/h1-14H,(H,21,22). The van der Waals surface area contributed by atoms with E-state index in [9.17, 15) is 4.79 Å². The first-order valence-electron chi connectivity index (χ1n) is 7.21. The fraction of sp³-hybridized carbons (Fsp3) is 0. The molecule has 1 amide bonds. The van der Waals surface area contributed by atoms with Crippen molar-refractivity contribution in [3.8, 4) is 0 Å². The SMILES string of the molecule is O=C(Nc1cccc(Cl)c1)P(c1ccccc1)c1ccccc1. The molecule has 4 heteroatoms. The van der Waals surface area contributed by atoms with Crippen LogP contribution in [-0.2, 0) is 0 Å². The van der Waals surface area contributed by atoms with Gasteiger partial charge >= 0.3 is 0 Å². The number of nitrogens with one attached hydrogen (secondary N) is 1. The second kappa shape index (κ2) is 7.41. The van der Waals surface area contributed by atoms with Gasteiger partial charge in [-0.3, -0.25) is 4.79 Å². The zero-order valence-electron chi connectivity index (χ0n) is 12.3. The minimum absolute atomic E-state index is 0.0142. The summed E-state index contributed by atoms with van der Waals surface area (Å²) < 4.78 is 0. The number of anilines is 1. The van der Waals surface area contributed by atoms with Crippen LogP contribution in [0.4, 0.5) is 10.5 Å². The van der Waals surface area contributed by atoms with Crippen molar-refractivity contribution in [2.24, 2.45) is 0 Å². The number of halogens is 1. The van der Waals surface area contributed by atoms with Crippen LogP contribution in [0.3, 0.4) is 0 Å². The van der Waals surface area contributed by atoms with Gasteiger partial charge in [0.2, 0.25) is 0 Å². The van der Waals surface area contributed by atoms with Gasteiger partial charge in [0.25, 0.3) is 5.65 Å². The molecule has 0 aromatic heterocycles. The van der Waals surface area contributed by atoms with E-state index in [2.05, 4.69) is 5.32 Å². The second-order valence-electron chi connectivity index (χ2n) is 4.95. The van der Waals surface area contributed by atoms with Crippen molar-refractivity contribution in [1.82, 2.24) is 0 Å². The van der Waals surface area contributed by atoms with Crippen LogP contribution in [0.25, 0.3) is 0 Å². The Balaban J connectivity index is 1.94. The highest BCUT2D eigenvalue weighted by Crippen LogP contribution is 2.35. The number of carbonyl (C=O) groups is 1. The fourth-order valence-electron chi connectivity index (χ4n) is 2.28. The van der Waals surface area contributed by atoms with Crippen LogP contribution in [-0.4, -0.2) is 5.65 Å². The summed E-state index contributed by atoms with van der Waals surface area (Å²) in [7, 11) is -1.14. The maximum atomic E-state index is 12.9. The van der Waals surface area contributed by atoms with Gasteiger partial charge in [0.15, 0.2) is 0 Å². The summed E-state index contributed by atoms with van der Waals surface area (Å²) >= 11 is 6.00. The first-order valence-corrected chi connectivity index (χ1v) is 8.93. The van der Waals surface area contributed by atoms with E-state index in [-0.39, 0.29) is 5.65 Å². The van der Waals surface area contributed by atoms with Crippen LogP contribution in [0.1, 0.15) is 0 Å². The lowest BCUT2D eigenvalue weighted by atomic mass is 10.3. The first-order chi connectivity index (χ1) is 11.2. The van der Waals surface area contributed by atoms with E-state index in [0.29, 0.717) is 10.7 Å². The Bertz CT molecular complexity index is 753. The molecule has 0 radical (unpaired) electrons. The minimum atomic E-state index is -1.14. The molecule has 0 aliphatic heterocycles. The van der Waals surface area contributed by atoms with Crippen molar-refractivity contribution in [2.75, 3.05) is 5.32 Å². The van der Waals surface area contributed by atoms with E-state index >= 15 is 0 Å². The number of carbonyl (C=O) groups excluding carboxylic acids is 1. The van der Waals surface area contributed by atoms with Crippen molar-refractivity contribution in [1.29, 1.82) is 0 Å². The molecule has 3 aromatic carbocycles. The highest BCUT2D eigenvalue weighted by Gasteiger charge is 2.22. The van der Waals surface area contributed by atoms with E-state index in [1.807, 2.05) is 72.8 Å². The smallest absolute Gasteiger partial charge is 0.254 e. The lowest BCUT2D eigenvalue weighted by molar-refractivity contribution is 0.269. The number of benzene rings is 3. The molecule has 0 heterocycles. The van der Waals surface area contributed by atoms with Gasteiger partial charge in [-0.15, -0.1) is 0 Å². The quantitative estimate of drug-likeness (QED) is 0.665. The van der Waals surface area contributed by atoms with Gasteiger partial charge in [-0.25, -0.2) is 0 Å². The third-order valence-electron chi connectivity index (χ3n) is 3.31. The summed E-state index contributed by atoms with van der Waals surface area (Å²) in [6.45, 7) is 0. The van der Waals surface area contributed by atoms with Crippen molar-refractivity contribution >= 4 is 41.5 Å². The monoisotopic (exact) mass is 339 g/mol. The molecule has 0 bridgehead atoms.